The van der Waals surface area contributed by atoms with E-state index in [-0.39, 0.29) is 49.8 Å². The fourth-order valence-corrected chi connectivity index (χ4v) is 7.52. The zero-order chi connectivity index (χ0) is 48.1. The summed E-state index contributed by atoms with van der Waals surface area (Å²) in [6.45, 7) is 9.86. The Morgan fingerprint density at radius 2 is 1.33 bits per heavy atom. The molecule has 370 valence electrons. The second-order valence-corrected chi connectivity index (χ2v) is 16.5. The van der Waals surface area contributed by atoms with Gasteiger partial charge in [-0.15, -0.1) is 16.6 Å². The molecule has 2 unspecified atom stereocenters. The van der Waals surface area contributed by atoms with E-state index in [0.717, 1.165) is 12.8 Å². The van der Waals surface area contributed by atoms with Crippen molar-refractivity contribution < 1.29 is 38.8 Å². The van der Waals surface area contributed by atoms with Gasteiger partial charge in [-0.2, -0.15) is 15.0 Å². The first-order valence-corrected chi connectivity index (χ1v) is 23.1. The van der Waals surface area contributed by atoms with Gasteiger partial charge in [0.05, 0.1) is 69.8 Å². The number of rotatable bonds is 29. The quantitative estimate of drug-likeness (QED) is 0.0358. The van der Waals surface area contributed by atoms with Crippen LogP contribution in [0.5, 0.6) is 0 Å². The molecule has 2 saturated heterocycles. The number of carbonyl (C=O) groups excluding carboxylic acids is 2. The number of hydrogen-bond donors (Lipinski definition) is 6. The lowest BCUT2D eigenvalue weighted by Crippen LogP contribution is -2.52. The molecule has 0 aliphatic carbocycles. The number of ether oxygens (including phenoxy) is 3. The molecular weight excluding hydrogens is 871 g/mol. The zero-order valence-corrected chi connectivity index (χ0v) is 38.8. The van der Waals surface area contributed by atoms with Crippen LogP contribution in [-0.4, -0.2) is 194 Å². The Hall–Kier alpha value is -5.62. The number of carboxylic acid groups (broad SMARTS) is 1. The van der Waals surface area contributed by atoms with Crippen molar-refractivity contribution in [1.82, 2.24) is 54.7 Å². The summed E-state index contributed by atoms with van der Waals surface area (Å²) >= 11 is 0. The third-order valence-corrected chi connectivity index (χ3v) is 11.8. The number of nitrogens with one attached hydrogen (secondary N) is 1. The van der Waals surface area contributed by atoms with E-state index in [0.29, 0.717) is 141 Å². The summed E-state index contributed by atoms with van der Waals surface area (Å²) in [6.07, 6.45) is 11.1. The Labute approximate surface area is 391 Å². The number of terminal acetylenes is 1. The number of amides is 2. The van der Waals surface area contributed by atoms with Gasteiger partial charge in [-0.1, -0.05) is 36.6 Å². The van der Waals surface area contributed by atoms with Crippen molar-refractivity contribution in [2.75, 3.05) is 127 Å². The SMILES string of the molecule is C#CCOCCOCCOCCNc1nc(N2CCN(C(=O)[C@H](CCCCN)n3cc(C(N)CO)nn3)CC2)nc(N2CCN(C(=O)[C@H](CCC(=O)O)n3cc(C(N)[C@H](C)CC)nn3)CC2)n1. The fraction of sp³-hybridized carbons (Fsp3) is 0.714. The largest absolute Gasteiger partial charge is 0.481 e. The van der Waals surface area contributed by atoms with Gasteiger partial charge in [0.2, 0.25) is 29.7 Å². The van der Waals surface area contributed by atoms with Crippen LogP contribution < -0.4 is 32.3 Å². The zero-order valence-electron chi connectivity index (χ0n) is 38.8. The first kappa shape index (κ1) is 52.4. The van der Waals surface area contributed by atoms with Crippen molar-refractivity contribution in [3.8, 4) is 12.3 Å². The third kappa shape index (κ3) is 15.5. The highest BCUT2D eigenvalue weighted by molar-refractivity contribution is 5.81. The van der Waals surface area contributed by atoms with Crippen LogP contribution >= 0.6 is 0 Å². The molecular formula is C42H69N17O8. The first-order chi connectivity index (χ1) is 32.5. The highest BCUT2D eigenvalue weighted by atomic mass is 16.5. The number of aliphatic hydroxyl groups is 1. The highest BCUT2D eigenvalue weighted by Gasteiger charge is 2.34. The number of carboxylic acids is 1. The van der Waals surface area contributed by atoms with Crippen LogP contribution in [0.2, 0.25) is 0 Å². The van der Waals surface area contributed by atoms with Crippen molar-refractivity contribution in [3.63, 3.8) is 0 Å². The average molecular weight is 940 g/mol. The molecule has 9 N–H and O–H groups in total. The van der Waals surface area contributed by atoms with Crippen LogP contribution in [-0.2, 0) is 28.6 Å². The molecule has 2 aliphatic rings. The molecule has 5 atom stereocenters. The number of hydrogen-bond acceptors (Lipinski definition) is 20. The number of anilines is 3. The van der Waals surface area contributed by atoms with Gasteiger partial charge < -0.3 is 66.5 Å². The van der Waals surface area contributed by atoms with Crippen LogP contribution in [0.4, 0.5) is 17.8 Å². The molecule has 2 fully saturated rings. The predicted octanol–water partition coefficient (Wildman–Crippen LogP) is -1.04. The van der Waals surface area contributed by atoms with Gasteiger partial charge in [0.15, 0.2) is 0 Å². The van der Waals surface area contributed by atoms with Gasteiger partial charge in [-0.3, -0.25) is 14.4 Å². The van der Waals surface area contributed by atoms with Crippen LogP contribution in [0.3, 0.4) is 0 Å². The molecule has 5 heterocycles. The Kier molecular flexibility index (Phi) is 21.3. The van der Waals surface area contributed by atoms with E-state index in [9.17, 15) is 24.6 Å². The van der Waals surface area contributed by atoms with Crippen molar-refractivity contribution in [2.45, 2.75) is 76.5 Å². The molecule has 2 amide bonds. The molecule has 25 heteroatoms. The van der Waals surface area contributed by atoms with Crippen molar-refractivity contribution in [2.24, 2.45) is 23.1 Å². The summed E-state index contributed by atoms with van der Waals surface area (Å²) in [5.41, 5.74) is 19.1. The second-order valence-electron chi connectivity index (χ2n) is 16.5. The Bertz CT molecular complexity index is 2020. The summed E-state index contributed by atoms with van der Waals surface area (Å²) in [5, 5.41) is 39.1. The monoisotopic (exact) mass is 940 g/mol. The van der Waals surface area contributed by atoms with E-state index >= 15 is 0 Å². The first-order valence-electron chi connectivity index (χ1n) is 23.1. The highest BCUT2D eigenvalue weighted by Crippen LogP contribution is 2.26. The van der Waals surface area contributed by atoms with E-state index in [1.165, 1.54) is 9.36 Å². The van der Waals surface area contributed by atoms with Gasteiger partial charge >= 0.3 is 5.97 Å². The maximum Gasteiger partial charge on any atom is 0.303 e. The Morgan fingerprint density at radius 1 is 0.791 bits per heavy atom. The maximum absolute atomic E-state index is 14.1. The summed E-state index contributed by atoms with van der Waals surface area (Å²) in [5.74, 6) is 2.31. The molecule has 25 nitrogen and oxygen atoms in total. The summed E-state index contributed by atoms with van der Waals surface area (Å²) in [6, 6.07) is -2.58. The lowest BCUT2D eigenvalue weighted by Gasteiger charge is -2.38. The van der Waals surface area contributed by atoms with Crippen LogP contribution in [0.25, 0.3) is 0 Å². The molecule has 3 aromatic rings. The topological polar surface area (TPSA) is 322 Å². The smallest absolute Gasteiger partial charge is 0.303 e. The molecule has 67 heavy (non-hydrogen) atoms. The number of aliphatic hydroxyl groups excluding tert-OH is 1. The molecule has 2 aliphatic heterocycles. The molecule has 0 bridgehead atoms. The van der Waals surface area contributed by atoms with E-state index in [2.05, 4.69) is 31.9 Å². The average Bonchev–Trinajstić information content (AvgIpc) is 4.05. The van der Waals surface area contributed by atoms with Gasteiger partial charge in [0.25, 0.3) is 0 Å². The second kappa shape index (κ2) is 27.3. The number of piperazine rings is 2. The normalized spacial score (nSPS) is 16.6. The minimum atomic E-state index is -1.02. The number of nitrogens with zero attached hydrogens (tertiary/aromatic N) is 13. The van der Waals surface area contributed by atoms with Crippen molar-refractivity contribution >= 4 is 35.6 Å². The van der Waals surface area contributed by atoms with Gasteiger partial charge in [-0.05, 0) is 38.1 Å². The van der Waals surface area contributed by atoms with Gasteiger partial charge in [0, 0.05) is 65.3 Å². The molecule has 0 aromatic carbocycles. The lowest BCUT2D eigenvalue weighted by atomic mass is 9.98. The third-order valence-electron chi connectivity index (χ3n) is 11.8. The lowest BCUT2D eigenvalue weighted by molar-refractivity contribution is -0.139. The molecule has 3 aromatic heterocycles. The standard InChI is InChI=1S/C42H69N17O8/c1-4-21-65-23-25-67-26-24-66-22-12-46-40-47-41(56-17-13-54(14-18-56)38(63)34(8-6-7-11-43)58-27-32(50-52-58)31(44)29-60)49-42(48-40)57-19-15-55(16-20-57)39(64)35(9-10-36(61)62)59-28-33(51-53-59)37(45)30(3)5-2/h1,27-28,30-31,34-35,37,60H,5-26,29,43-45H2,2-3H3,(H,61,62)(H,46,47,48,49)/t30-,31?,34+,35+,37?/m1/s1. The minimum absolute atomic E-state index is 0.0367. The molecule has 0 radical (unpaired) electrons. The van der Waals surface area contributed by atoms with Crippen LogP contribution in [0.1, 0.15) is 87.9 Å². The van der Waals surface area contributed by atoms with Gasteiger partial charge in [-0.25, -0.2) is 9.36 Å². The van der Waals surface area contributed by atoms with Crippen LogP contribution in [0.15, 0.2) is 12.4 Å². The summed E-state index contributed by atoms with van der Waals surface area (Å²) in [4.78, 5) is 61.7. The van der Waals surface area contributed by atoms with Crippen molar-refractivity contribution in [3.05, 3.63) is 23.8 Å². The molecule has 0 saturated carbocycles. The minimum Gasteiger partial charge on any atom is -0.481 e. The number of aromatic nitrogens is 9. The van der Waals surface area contributed by atoms with Gasteiger partial charge in [0.1, 0.15) is 24.4 Å². The maximum atomic E-state index is 14.1. The van der Waals surface area contributed by atoms with E-state index < -0.39 is 24.1 Å². The Morgan fingerprint density at radius 3 is 1.87 bits per heavy atom. The number of aliphatic carboxylic acids is 1. The fourth-order valence-electron chi connectivity index (χ4n) is 7.52. The van der Waals surface area contributed by atoms with E-state index in [1.807, 2.05) is 23.6 Å². The van der Waals surface area contributed by atoms with E-state index in [1.54, 1.807) is 22.2 Å². The Balaban J connectivity index is 1.26. The van der Waals surface area contributed by atoms with Crippen molar-refractivity contribution in [1.29, 1.82) is 0 Å². The summed E-state index contributed by atoms with van der Waals surface area (Å²) < 4.78 is 19.4. The van der Waals surface area contributed by atoms with Crippen LogP contribution in [0, 0.1) is 18.3 Å². The molecule has 5 rings (SSSR count). The van der Waals surface area contributed by atoms with E-state index in [4.69, 9.17) is 52.8 Å². The summed E-state index contributed by atoms with van der Waals surface area (Å²) in [7, 11) is 0. The molecule has 0 spiro atoms. The number of unbranched alkanes of at least 4 members (excludes halogenated alkanes) is 1. The predicted molar refractivity (Wildman–Crippen MR) is 245 cm³/mol. The number of carbonyl (C=O) groups is 3. The number of nitrogens with two attached hydrogens (primary N) is 3.